The Hall–Kier alpha value is -2.99. The summed E-state index contributed by atoms with van der Waals surface area (Å²) in [7, 11) is 3.15. The van der Waals surface area contributed by atoms with Crippen LogP contribution in [0.15, 0.2) is 48.7 Å². The lowest BCUT2D eigenvalue weighted by Gasteiger charge is -2.09. The van der Waals surface area contributed by atoms with E-state index in [0.717, 1.165) is 11.2 Å². The topological polar surface area (TPSA) is 64.9 Å². The number of halogens is 1. The fraction of sp³-hybridized carbons (Fsp3) is 0.158. The average Bonchev–Trinajstić information content (AvgIpc) is 2.99. The molecule has 2 heterocycles. The molecule has 3 aromatic rings. The predicted octanol–water partition coefficient (Wildman–Crippen LogP) is 3.33. The molecule has 26 heavy (non-hydrogen) atoms. The van der Waals surface area contributed by atoms with Gasteiger partial charge in [0.25, 0.3) is 0 Å². The number of carbonyl (C=O) groups excluding carboxylic acids is 1. The maximum Gasteiger partial charge on any atom is 0.244 e. The van der Waals surface area contributed by atoms with E-state index in [1.807, 2.05) is 40.9 Å². The molecule has 0 bridgehead atoms. The number of methoxy groups -OCH3 is 2. The van der Waals surface area contributed by atoms with Gasteiger partial charge in [0.2, 0.25) is 5.91 Å². The summed E-state index contributed by atoms with van der Waals surface area (Å²) >= 11 is 6.15. The SMILES string of the molecule is COc1ccc(CNC(=O)/C=C/c2c(Cl)nc3ccccn23)cc1OC. The summed E-state index contributed by atoms with van der Waals surface area (Å²) < 4.78 is 12.3. The van der Waals surface area contributed by atoms with E-state index < -0.39 is 0 Å². The Balaban J connectivity index is 1.67. The van der Waals surface area contributed by atoms with E-state index in [-0.39, 0.29) is 5.91 Å². The summed E-state index contributed by atoms with van der Waals surface area (Å²) in [5.41, 5.74) is 2.28. The monoisotopic (exact) mass is 371 g/mol. The van der Waals surface area contributed by atoms with Crippen molar-refractivity contribution in [1.29, 1.82) is 0 Å². The van der Waals surface area contributed by atoms with Gasteiger partial charge in [-0.1, -0.05) is 23.7 Å². The normalized spacial score (nSPS) is 11.0. The van der Waals surface area contributed by atoms with Crippen molar-refractivity contribution in [2.75, 3.05) is 14.2 Å². The van der Waals surface area contributed by atoms with Crippen LogP contribution in [-0.2, 0) is 11.3 Å². The lowest BCUT2D eigenvalue weighted by molar-refractivity contribution is -0.116. The molecule has 0 unspecified atom stereocenters. The predicted molar refractivity (Wildman–Crippen MR) is 101 cm³/mol. The molecule has 0 fully saturated rings. The van der Waals surface area contributed by atoms with E-state index in [2.05, 4.69) is 10.3 Å². The van der Waals surface area contributed by atoms with Crippen molar-refractivity contribution >= 4 is 29.2 Å². The van der Waals surface area contributed by atoms with Crippen molar-refractivity contribution in [1.82, 2.24) is 14.7 Å². The standard InChI is InChI=1S/C19H18ClN3O3/c1-25-15-8-6-13(11-16(15)26-2)12-21-18(24)9-7-14-19(20)22-17-5-3-4-10-23(14)17/h3-11H,12H2,1-2H3,(H,21,24)/b9-7+. The Bertz CT molecular complexity index is 966. The van der Waals surface area contributed by atoms with Gasteiger partial charge in [-0.05, 0) is 35.9 Å². The second-order valence-electron chi connectivity index (χ2n) is 5.46. The van der Waals surface area contributed by atoms with Crippen molar-refractivity contribution in [2.45, 2.75) is 6.54 Å². The zero-order valence-electron chi connectivity index (χ0n) is 14.4. The van der Waals surface area contributed by atoms with Crippen LogP contribution >= 0.6 is 11.6 Å². The van der Waals surface area contributed by atoms with E-state index in [1.54, 1.807) is 26.4 Å². The lowest BCUT2D eigenvalue weighted by atomic mass is 10.2. The molecule has 3 rings (SSSR count). The molecule has 0 atom stereocenters. The Labute approximate surface area is 156 Å². The fourth-order valence-electron chi connectivity index (χ4n) is 2.53. The Morgan fingerprint density at radius 1 is 1.23 bits per heavy atom. The van der Waals surface area contributed by atoms with Crippen molar-refractivity contribution < 1.29 is 14.3 Å². The minimum Gasteiger partial charge on any atom is -0.493 e. The number of amides is 1. The summed E-state index contributed by atoms with van der Waals surface area (Å²) in [6, 6.07) is 11.1. The summed E-state index contributed by atoms with van der Waals surface area (Å²) in [5, 5.41) is 3.17. The number of imidazole rings is 1. The van der Waals surface area contributed by atoms with Gasteiger partial charge in [-0.25, -0.2) is 4.98 Å². The summed E-state index contributed by atoms with van der Waals surface area (Å²) in [4.78, 5) is 16.3. The van der Waals surface area contributed by atoms with Crippen molar-refractivity contribution in [3.05, 3.63) is 65.1 Å². The zero-order chi connectivity index (χ0) is 18.5. The van der Waals surface area contributed by atoms with E-state index in [9.17, 15) is 4.79 Å². The number of hydrogen-bond donors (Lipinski definition) is 1. The largest absolute Gasteiger partial charge is 0.493 e. The van der Waals surface area contributed by atoms with Crippen LogP contribution in [-0.4, -0.2) is 29.5 Å². The number of nitrogens with zero attached hydrogens (tertiary/aromatic N) is 2. The molecular weight excluding hydrogens is 354 g/mol. The molecule has 1 N–H and O–H groups in total. The van der Waals surface area contributed by atoms with Crippen molar-refractivity contribution in [3.8, 4) is 11.5 Å². The third-order valence-electron chi connectivity index (χ3n) is 3.83. The molecule has 6 nitrogen and oxygen atoms in total. The number of carbonyl (C=O) groups is 1. The summed E-state index contributed by atoms with van der Waals surface area (Å²) in [6.07, 6.45) is 4.92. The molecule has 1 aromatic carbocycles. The average molecular weight is 372 g/mol. The van der Waals surface area contributed by atoms with Crippen LogP contribution < -0.4 is 14.8 Å². The Kier molecular flexibility index (Phi) is 5.43. The first-order valence-corrected chi connectivity index (χ1v) is 8.29. The van der Waals surface area contributed by atoms with Gasteiger partial charge in [-0.3, -0.25) is 9.20 Å². The molecule has 0 saturated heterocycles. The van der Waals surface area contributed by atoms with Crippen LogP contribution in [0.2, 0.25) is 5.15 Å². The first-order chi connectivity index (χ1) is 12.6. The maximum absolute atomic E-state index is 12.1. The van der Waals surface area contributed by atoms with Gasteiger partial charge in [-0.15, -0.1) is 0 Å². The minimum atomic E-state index is -0.235. The number of hydrogen-bond acceptors (Lipinski definition) is 4. The van der Waals surface area contributed by atoms with Gasteiger partial charge in [-0.2, -0.15) is 0 Å². The number of nitrogens with one attached hydrogen (secondary N) is 1. The second-order valence-corrected chi connectivity index (χ2v) is 5.82. The van der Waals surface area contributed by atoms with Gasteiger partial charge in [0.15, 0.2) is 16.7 Å². The van der Waals surface area contributed by atoms with Gasteiger partial charge in [0.1, 0.15) is 5.65 Å². The lowest BCUT2D eigenvalue weighted by Crippen LogP contribution is -2.20. The number of ether oxygens (including phenoxy) is 2. The zero-order valence-corrected chi connectivity index (χ0v) is 15.2. The highest BCUT2D eigenvalue weighted by Gasteiger charge is 2.08. The first-order valence-electron chi connectivity index (χ1n) is 7.91. The number of aromatic nitrogens is 2. The molecule has 0 aliphatic carbocycles. The fourth-order valence-corrected chi connectivity index (χ4v) is 2.77. The molecule has 134 valence electrons. The van der Waals surface area contributed by atoms with Gasteiger partial charge >= 0.3 is 0 Å². The maximum atomic E-state index is 12.1. The number of benzene rings is 1. The van der Waals surface area contributed by atoms with Crippen molar-refractivity contribution in [3.63, 3.8) is 0 Å². The third-order valence-corrected chi connectivity index (χ3v) is 4.11. The van der Waals surface area contributed by atoms with Crippen LogP contribution in [0.1, 0.15) is 11.3 Å². The van der Waals surface area contributed by atoms with Gasteiger partial charge < -0.3 is 14.8 Å². The highest BCUT2D eigenvalue weighted by molar-refractivity contribution is 6.31. The van der Waals surface area contributed by atoms with E-state index in [0.29, 0.717) is 28.9 Å². The minimum absolute atomic E-state index is 0.235. The van der Waals surface area contributed by atoms with E-state index in [4.69, 9.17) is 21.1 Å². The van der Waals surface area contributed by atoms with Crippen LogP contribution in [0.3, 0.4) is 0 Å². The molecule has 7 heteroatoms. The quantitative estimate of drug-likeness (QED) is 0.675. The molecule has 0 radical (unpaired) electrons. The number of fused-ring (bicyclic) bond motifs is 1. The van der Waals surface area contributed by atoms with Gasteiger partial charge in [0.05, 0.1) is 19.9 Å². The molecule has 0 aliphatic heterocycles. The summed E-state index contributed by atoms with van der Waals surface area (Å²) in [5.74, 6) is 1.03. The Morgan fingerprint density at radius 2 is 2.04 bits per heavy atom. The molecule has 0 spiro atoms. The third kappa shape index (κ3) is 3.81. The first kappa shape index (κ1) is 17.8. The van der Waals surface area contributed by atoms with Crippen LogP contribution in [0.25, 0.3) is 11.7 Å². The molecule has 1 amide bonds. The van der Waals surface area contributed by atoms with Gasteiger partial charge in [0, 0.05) is 18.8 Å². The van der Waals surface area contributed by atoms with E-state index in [1.165, 1.54) is 6.08 Å². The number of pyridine rings is 1. The highest BCUT2D eigenvalue weighted by Crippen LogP contribution is 2.27. The summed E-state index contributed by atoms with van der Waals surface area (Å²) in [6.45, 7) is 0.365. The van der Waals surface area contributed by atoms with Crippen LogP contribution in [0, 0.1) is 0 Å². The molecule has 2 aromatic heterocycles. The smallest absolute Gasteiger partial charge is 0.244 e. The van der Waals surface area contributed by atoms with Crippen molar-refractivity contribution in [2.24, 2.45) is 0 Å². The highest BCUT2D eigenvalue weighted by atomic mass is 35.5. The second kappa shape index (κ2) is 7.93. The van der Waals surface area contributed by atoms with Crippen LogP contribution in [0.4, 0.5) is 0 Å². The Morgan fingerprint density at radius 3 is 2.81 bits per heavy atom. The molecular formula is C19H18ClN3O3. The number of rotatable bonds is 6. The van der Waals surface area contributed by atoms with Crippen LogP contribution in [0.5, 0.6) is 11.5 Å². The molecule has 0 saturated carbocycles. The van der Waals surface area contributed by atoms with E-state index >= 15 is 0 Å². The molecule has 0 aliphatic rings.